The van der Waals surface area contributed by atoms with Crippen molar-refractivity contribution >= 4 is 33.3 Å². The normalized spacial score (nSPS) is 11.0. The molecule has 0 saturated carbocycles. The number of rotatable bonds is 10. The average Bonchev–Trinajstić information content (AvgIpc) is 3.08. The molecule has 0 aliphatic heterocycles. The largest absolute Gasteiger partial charge is 0.369 e. The Morgan fingerprint density at radius 3 is 2.52 bits per heavy atom. The van der Waals surface area contributed by atoms with E-state index in [0.717, 1.165) is 48.4 Å². The van der Waals surface area contributed by atoms with Gasteiger partial charge in [0.2, 0.25) is 5.91 Å². The molecule has 6 heteroatoms. The van der Waals surface area contributed by atoms with Gasteiger partial charge in [0.15, 0.2) is 0 Å². The van der Waals surface area contributed by atoms with Crippen molar-refractivity contribution in [2.45, 2.75) is 46.5 Å². The van der Waals surface area contributed by atoms with Crippen LogP contribution in [-0.4, -0.2) is 40.4 Å². The molecule has 0 saturated heterocycles. The molecule has 0 fully saturated rings. The van der Waals surface area contributed by atoms with Gasteiger partial charge in [-0.05, 0) is 31.7 Å². The Hall–Kier alpha value is -2.47. The van der Waals surface area contributed by atoms with Gasteiger partial charge in [0.05, 0.1) is 5.39 Å². The lowest BCUT2D eigenvalue weighted by Crippen LogP contribution is -2.32. The van der Waals surface area contributed by atoms with Gasteiger partial charge in [-0.1, -0.05) is 44.2 Å². The fourth-order valence-electron chi connectivity index (χ4n) is 3.64. The van der Waals surface area contributed by atoms with Gasteiger partial charge in [-0.25, -0.2) is 9.97 Å². The highest BCUT2D eigenvalue weighted by Crippen LogP contribution is 2.40. The molecular weight excluding hydrogens is 380 g/mol. The SMILES string of the molecule is CCCN(CCC)C(=O)CCCNc1ncnc2sc(C)c(-c3ccccc3)c12. The van der Waals surface area contributed by atoms with Crippen LogP contribution in [0.1, 0.15) is 44.4 Å². The molecule has 0 spiro atoms. The van der Waals surface area contributed by atoms with Gasteiger partial charge in [-0.2, -0.15) is 0 Å². The monoisotopic (exact) mass is 410 g/mol. The van der Waals surface area contributed by atoms with Gasteiger partial charge < -0.3 is 10.2 Å². The van der Waals surface area contributed by atoms with E-state index >= 15 is 0 Å². The molecule has 5 nitrogen and oxygen atoms in total. The van der Waals surface area contributed by atoms with Crippen LogP contribution in [-0.2, 0) is 4.79 Å². The first-order valence-corrected chi connectivity index (χ1v) is 11.3. The summed E-state index contributed by atoms with van der Waals surface area (Å²) in [7, 11) is 0. The Morgan fingerprint density at radius 2 is 1.83 bits per heavy atom. The number of nitrogens with zero attached hydrogens (tertiary/aromatic N) is 3. The van der Waals surface area contributed by atoms with Crippen LogP contribution in [0.2, 0.25) is 0 Å². The number of thiophene rings is 1. The van der Waals surface area contributed by atoms with E-state index in [-0.39, 0.29) is 5.91 Å². The predicted octanol–water partition coefficient (Wildman–Crippen LogP) is 5.51. The van der Waals surface area contributed by atoms with Crippen molar-refractivity contribution in [2.24, 2.45) is 0 Å². The molecule has 3 rings (SSSR count). The Balaban J connectivity index is 1.70. The summed E-state index contributed by atoms with van der Waals surface area (Å²) in [5, 5.41) is 4.53. The number of amides is 1. The molecule has 1 aromatic carbocycles. The summed E-state index contributed by atoms with van der Waals surface area (Å²) < 4.78 is 0. The summed E-state index contributed by atoms with van der Waals surface area (Å²) in [6, 6.07) is 10.4. The summed E-state index contributed by atoms with van der Waals surface area (Å²) >= 11 is 1.69. The maximum absolute atomic E-state index is 12.5. The van der Waals surface area contributed by atoms with Gasteiger partial charge in [0.1, 0.15) is 17.0 Å². The highest BCUT2D eigenvalue weighted by Gasteiger charge is 2.17. The number of aryl methyl sites for hydroxylation is 1. The van der Waals surface area contributed by atoms with Crippen molar-refractivity contribution in [3.05, 3.63) is 41.5 Å². The molecule has 0 unspecified atom stereocenters. The number of aromatic nitrogens is 2. The Bertz CT molecular complexity index is 933. The van der Waals surface area contributed by atoms with Crippen LogP contribution in [0.15, 0.2) is 36.7 Å². The minimum Gasteiger partial charge on any atom is -0.369 e. The first kappa shape index (κ1) is 21.2. The number of hydrogen-bond donors (Lipinski definition) is 1. The van der Waals surface area contributed by atoms with Crippen LogP contribution < -0.4 is 5.32 Å². The molecule has 29 heavy (non-hydrogen) atoms. The smallest absolute Gasteiger partial charge is 0.222 e. The molecule has 0 aliphatic carbocycles. The number of carbonyl (C=O) groups excluding carboxylic acids is 1. The van der Waals surface area contributed by atoms with Crippen molar-refractivity contribution < 1.29 is 4.79 Å². The van der Waals surface area contributed by atoms with Crippen molar-refractivity contribution in [1.29, 1.82) is 0 Å². The molecule has 3 aromatic rings. The summed E-state index contributed by atoms with van der Waals surface area (Å²) in [4.78, 5) is 25.7. The van der Waals surface area contributed by atoms with Gasteiger partial charge >= 0.3 is 0 Å². The summed E-state index contributed by atoms with van der Waals surface area (Å²) in [6.07, 6.45) is 4.98. The summed E-state index contributed by atoms with van der Waals surface area (Å²) in [5.74, 6) is 1.10. The molecular formula is C23H30N4OS. The maximum atomic E-state index is 12.5. The molecule has 1 amide bonds. The molecule has 2 aromatic heterocycles. The van der Waals surface area contributed by atoms with Gasteiger partial charge in [-0.15, -0.1) is 11.3 Å². The second kappa shape index (κ2) is 10.3. The zero-order valence-corrected chi connectivity index (χ0v) is 18.4. The highest BCUT2D eigenvalue weighted by atomic mass is 32.1. The zero-order valence-electron chi connectivity index (χ0n) is 17.6. The molecule has 154 valence electrons. The minimum atomic E-state index is 0.250. The molecule has 0 atom stereocenters. The molecule has 1 N–H and O–H groups in total. The number of hydrogen-bond acceptors (Lipinski definition) is 5. The van der Waals surface area contributed by atoms with Crippen molar-refractivity contribution in [2.75, 3.05) is 25.0 Å². The van der Waals surface area contributed by atoms with E-state index in [1.807, 2.05) is 11.0 Å². The average molecular weight is 411 g/mol. The maximum Gasteiger partial charge on any atom is 0.222 e. The molecule has 0 radical (unpaired) electrons. The lowest BCUT2D eigenvalue weighted by Gasteiger charge is -2.21. The van der Waals surface area contributed by atoms with E-state index in [1.54, 1.807) is 17.7 Å². The van der Waals surface area contributed by atoms with Crippen LogP contribution in [0.5, 0.6) is 0 Å². The van der Waals surface area contributed by atoms with Gasteiger partial charge in [-0.3, -0.25) is 4.79 Å². The Labute approximate surface area is 177 Å². The first-order valence-electron chi connectivity index (χ1n) is 10.5. The number of nitrogens with one attached hydrogen (secondary N) is 1. The number of benzene rings is 1. The van der Waals surface area contributed by atoms with Gasteiger partial charge in [0.25, 0.3) is 0 Å². The number of fused-ring (bicyclic) bond motifs is 1. The third-order valence-electron chi connectivity index (χ3n) is 4.93. The fraction of sp³-hybridized carbons (Fsp3) is 0.435. The Morgan fingerprint density at radius 1 is 1.10 bits per heavy atom. The first-order chi connectivity index (χ1) is 14.2. The van der Waals surface area contributed by atoms with Crippen LogP contribution in [0, 0.1) is 6.92 Å². The highest BCUT2D eigenvalue weighted by molar-refractivity contribution is 7.19. The van der Waals surface area contributed by atoms with Crippen molar-refractivity contribution in [3.63, 3.8) is 0 Å². The Kier molecular flexibility index (Phi) is 7.58. The second-order valence-corrected chi connectivity index (χ2v) is 8.42. The third-order valence-corrected chi connectivity index (χ3v) is 5.94. The molecule has 0 bridgehead atoms. The van der Waals surface area contributed by atoms with E-state index in [4.69, 9.17) is 0 Å². The van der Waals surface area contributed by atoms with E-state index in [0.29, 0.717) is 13.0 Å². The number of carbonyl (C=O) groups is 1. The molecule has 0 aliphatic rings. The van der Waals surface area contributed by atoms with Crippen LogP contribution in [0.25, 0.3) is 21.3 Å². The third kappa shape index (κ3) is 5.12. The van der Waals surface area contributed by atoms with Crippen molar-refractivity contribution in [3.8, 4) is 11.1 Å². The minimum absolute atomic E-state index is 0.250. The standard InChI is InChI=1S/C23H30N4OS/c1-4-14-27(15-5-2)19(28)12-9-13-24-22-21-20(18-10-7-6-8-11-18)17(3)29-23(21)26-16-25-22/h6-8,10-11,16H,4-5,9,12-15H2,1-3H3,(H,24,25,26). The number of anilines is 1. The lowest BCUT2D eigenvalue weighted by molar-refractivity contribution is -0.131. The fourth-order valence-corrected chi connectivity index (χ4v) is 4.65. The predicted molar refractivity (Wildman–Crippen MR) is 122 cm³/mol. The second-order valence-electron chi connectivity index (χ2n) is 7.21. The topological polar surface area (TPSA) is 58.1 Å². The quantitative estimate of drug-likeness (QED) is 0.448. The van der Waals surface area contributed by atoms with E-state index in [2.05, 4.69) is 60.3 Å². The van der Waals surface area contributed by atoms with Crippen LogP contribution >= 0.6 is 11.3 Å². The zero-order chi connectivity index (χ0) is 20.6. The van der Waals surface area contributed by atoms with Crippen LogP contribution in [0.3, 0.4) is 0 Å². The van der Waals surface area contributed by atoms with Crippen LogP contribution in [0.4, 0.5) is 5.82 Å². The summed E-state index contributed by atoms with van der Waals surface area (Å²) in [6.45, 7) is 8.78. The lowest BCUT2D eigenvalue weighted by atomic mass is 10.0. The van der Waals surface area contributed by atoms with Crippen molar-refractivity contribution in [1.82, 2.24) is 14.9 Å². The van der Waals surface area contributed by atoms with E-state index in [9.17, 15) is 4.79 Å². The van der Waals surface area contributed by atoms with Gasteiger partial charge in [0, 0.05) is 36.5 Å². The molecule has 2 heterocycles. The van der Waals surface area contributed by atoms with E-state index < -0.39 is 0 Å². The summed E-state index contributed by atoms with van der Waals surface area (Å²) in [5.41, 5.74) is 2.38. The van der Waals surface area contributed by atoms with E-state index in [1.165, 1.54) is 16.0 Å².